The lowest BCUT2D eigenvalue weighted by Gasteiger charge is -2.37. The van der Waals surface area contributed by atoms with E-state index in [2.05, 4.69) is 0 Å². The second kappa shape index (κ2) is 5.27. The highest BCUT2D eigenvalue weighted by Gasteiger charge is 2.49. The molecule has 0 N–H and O–H groups in total. The molecule has 0 atom stereocenters. The highest BCUT2D eigenvalue weighted by Crippen LogP contribution is 2.32. The molecule has 0 bridgehead atoms. The summed E-state index contributed by atoms with van der Waals surface area (Å²) in [6, 6.07) is 5.61. The molecule has 2 aliphatic heterocycles. The van der Waals surface area contributed by atoms with Crippen LogP contribution in [0.15, 0.2) is 29.2 Å². The van der Waals surface area contributed by atoms with E-state index in [1.807, 2.05) is 0 Å². The number of likely N-dealkylation sites (tertiary alicyclic amines) is 1. The minimum absolute atomic E-state index is 0.118. The van der Waals surface area contributed by atoms with Crippen molar-refractivity contribution >= 4 is 15.9 Å². The zero-order chi connectivity index (χ0) is 16.0. The Labute approximate surface area is 127 Å². The Morgan fingerprint density at radius 3 is 2.36 bits per heavy atom. The van der Waals surface area contributed by atoms with Crippen molar-refractivity contribution in [3.8, 4) is 0 Å². The summed E-state index contributed by atoms with van der Waals surface area (Å²) in [4.78, 5) is 13.8. The predicted octanol–water partition coefficient (Wildman–Crippen LogP) is 1.56. The van der Waals surface area contributed by atoms with E-state index in [1.54, 1.807) is 11.0 Å². The summed E-state index contributed by atoms with van der Waals surface area (Å²) in [6.45, 7) is -0.290. The number of amides is 1. The number of hydrogen-bond donors (Lipinski definition) is 0. The molecular formula is C14H16F2N2O3S. The monoisotopic (exact) mass is 330 g/mol. The molecule has 5 nitrogen and oxygen atoms in total. The number of carbonyl (C=O) groups excluding carboxylic acids is 1. The van der Waals surface area contributed by atoms with Crippen LogP contribution in [0.1, 0.15) is 23.2 Å². The van der Waals surface area contributed by atoms with Crippen molar-refractivity contribution in [1.29, 1.82) is 0 Å². The second-order valence-corrected chi connectivity index (χ2v) is 7.59. The van der Waals surface area contributed by atoms with Gasteiger partial charge < -0.3 is 4.90 Å². The van der Waals surface area contributed by atoms with Crippen molar-refractivity contribution in [1.82, 2.24) is 9.21 Å². The topological polar surface area (TPSA) is 57.7 Å². The normalized spacial score (nSPS) is 21.6. The average molecular weight is 330 g/mol. The maximum Gasteiger partial charge on any atom is 0.275 e. The molecule has 0 radical (unpaired) electrons. The maximum absolute atomic E-state index is 12.9. The van der Waals surface area contributed by atoms with Gasteiger partial charge in [0.15, 0.2) is 0 Å². The van der Waals surface area contributed by atoms with Crippen LogP contribution in [0.25, 0.3) is 0 Å². The van der Waals surface area contributed by atoms with Gasteiger partial charge in [0.1, 0.15) is 0 Å². The molecule has 2 fully saturated rings. The molecule has 1 aromatic rings. The fraction of sp³-hybridized carbons (Fsp3) is 0.500. The fourth-order valence-corrected chi connectivity index (χ4v) is 4.22. The van der Waals surface area contributed by atoms with Crippen LogP contribution in [0.3, 0.4) is 0 Å². The molecule has 2 aliphatic rings. The first-order valence-electron chi connectivity index (χ1n) is 7.07. The van der Waals surface area contributed by atoms with Gasteiger partial charge in [-0.25, -0.2) is 17.2 Å². The molecule has 0 aromatic heterocycles. The molecule has 1 aromatic carbocycles. The van der Waals surface area contributed by atoms with E-state index >= 15 is 0 Å². The van der Waals surface area contributed by atoms with Gasteiger partial charge in [0.2, 0.25) is 10.0 Å². The number of carbonyl (C=O) groups is 1. The fourth-order valence-electron chi connectivity index (χ4n) is 2.68. The largest absolute Gasteiger partial charge is 0.339 e. The summed E-state index contributed by atoms with van der Waals surface area (Å²) in [5.41, 5.74) is 0.273. The van der Waals surface area contributed by atoms with E-state index in [4.69, 9.17) is 0 Å². The zero-order valence-electron chi connectivity index (χ0n) is 11.8. The molecule has 1 amide bonds. The summed E-state index contributed by atoms with van der Waals surface area (Å²) in [7, 11) is -3.97. The summed E-state index contributed by atoms with van der Waals surface area (Å²) < 4.78 is 51.0. The number of rotatable bonds is 3. The number of halogens is 2. The van der Waals surface area contributed by atoms with Gasteiger partial charge in [-0.2, -0.15) is 4.31 Å². The first-order chi connectivity index (χ1) is 10.3. The molecule has 120 valence electrons. The van der Waals surface area contributed by atoms with Crippen LogP contribution in [0.2, 0.25) is 0 Å². The number of sulfonamides is 1. The van der Waals surface area contributed by atoms with Crippen LogP contribution in [0.5, 0.6) is 0 Å². The molecule has 2 saturated heterocycles. The molecule has 3 rings (SSSR count). The number of alkyl halides is 2. The average Bonchev–Trinajstić information content (AvgIpc) is 2.98. The van der Waals surface area contributed by atoms with Gasteiger partial charge in [-0.3, -0.25) is 4.79 Å². The van der Waals surface area contributed by atoms with Crippen LogP contribution in [-0.2, 0) is 10.0 Å². The lowest BCUT2D eigenvalue weighted by atomic mass is 10.2. The molecule has 0 spiro atoms. The van der Waals surface area contributed by atoms with Gasteiger partial charge in [-0.1, -0.05) is 6.07 Å². The third-order valence-corrected chi connectivity index (χ3v) is 5.72. The summed E-state index contributed by atoms with van der Waals surface area (Å²) >= 11 is 0. The number of nitrogens with zero attached hydrogens (tertiary/aromatic N) is 2. The van der Waals surface area contributed by atoms with Gasteiger partial charge >= 0.3 is 0 Å². The van der Waals surface area contributed by atoms with Crippen LogP contribution in [-0.4, -0.2) is 55.6 Å². The van der Waals surface area contributed by atoms with E-state index in [9.17, 15) is 22.0 Å². The quantitative estimate of drug-likeness (QED) is 0.845. The third kappa shape index (κ3) is 2.72. The van der Waals surface area contributed by atoms with Crippen molar-refractivity contribution in [2.75, 3.05) is 26.2 Å². The highest BCUT2D eigenvalue weighted by atomic mass is 32.2. The molecule has 0 aliphatic carbocycles. The predicted molar refractivity (Wildman–Crippen MR) is 75.3 cm³/mol. The Kier molecular flexibility index (Phi) is 3.68. The van der Waals surface area contributed by atoms with Crippen molar-refractivity contribution in [3.63, 3.8) is 0 Å². The third-order valence-electron chi connectivity index (χ3n) is 3.93. The lowest BCUT2D eigenvalue weighted by Crippen LogP contribution is -2.58. The maximum atomic E-state index is 12.9. The van der Waals surface area contributed by atoms with Gasteiger partial charge in [-0.05, 0) is 31.0 Å². The first-order valence-corrected chi connectivity index (χ1v) is 8.51. The van der Waals surface area contributed by atoms with Crippen molar-refractivity contribution in [2.45, 2.75) is 23.7 Å². The SMILES string of the molecule is O=C(c1cccc(S(=O)(=O)N2CC(F)(F)C2)c1)N1CCCC1. The second-order valence-electron chi connectivity index (χ2n) is 5.66. The standard InChI is InChI=1S/C14H16F2N2O3S/c15-14(16)9-18(10-14)22(20,21)12-5-3-4-11(8-12)13(19)17-6-1-2-7-17/h3-5,8H,1-2,6-7,9-10H2. The van der Waals surface area contributed by atoms with Crippen LogP contribution in [0, 0.1) is 0 Å². The van der Waals surface area contributed by atoms with E-state index < -0.39 is 29.0 Å². The molecule has 22 heavy (non-hydrogen) atoms. The number of hydrogen-bond acceptors (Lipinski definition) is 3. The Bertz CT molecular complexity index is 692. The summed E-state index contributed by atoms with van der Waals surface area (Å²) in [5, 5.41) is 0. The van der Waals surface area contributed by atoms with Gasteiger partial charge in [0.25, 0.3) is 11.8 Å². The van der Waals surface area contributed by atoms with E-state index in [-0.39, 0.29) is 16.4 Å². The zero-order valence-corrected chi connectivity index (χ0v) is 12.7. The summed E-state index contributed by atoms with van der Waals surface area (Å²) in [6.07, 6.45) is 1.87. The number of benzene rings is 1. The lowest BCUT2D eigenvalue weighted by molar-refractivity contribution is -0.0945. The van der Waals surface area contributed by atoms with Crippen molar-refractivity contribution in [2.24, 2.45) is 0 Å². The Morgan fingerprint density at radius 2 is 1.77 bits per heavy atom. The molecule has 8 heteroatoms. The van der Waals surface area contributed by atoms with Gasteiger partial charge in [0.05, 0.1) is 18.0 Å². The van der Waals surface area contributed by atoms with Crippen LogP contribution >= 0.6 is 0 Å². The molecule has 2 heterocycles. The molecule has 0 unspecified atom stereocenters. The smallest absolute Gasteiger partial charge is 0.275 e. The Balaban J connectivity index is 1.83. The minimum atomic E-state index is -3.97. The van der Waals surface area contributed by atoms with E-state index in [0.29, 0.717) is 13.1 Å². The Morgan fingerprint density at radius 1 is 1.14 bits per heavy atom. The van der Waals surface area contributed by atoms with Crippen molar-refractivity contribution < 1.29 is 22.0 Å². The van der Waals surface area contributed by atoms with Crippen molar-refractivity contribution in [3.05, 3.63) is 29.8 Å². The molecular weight excluding hydrogens is 314 g/mol. The minimum Gasteiger partial charge on any atom is -0.339 e. The van der Waals surface area contributed by atoms with Crippen LogP contribution < -0.4 is 0 Å². The first kappa shape index (κ1) is 15.4. The van der Waals surface area contributed by atoms with Gasteiger partial charge in [-0.15, -0.1) is 0 Å². The van der Waals surface area contributed by atoms with E-state index in [1.165, 1.54) is 18.2 Å². The highest BCUT2D eigenvalue weighted by molar-refractivity contribution is 7.89. The molecule has 0 saturated carbocycles. The summed E-state index contributed by atoms with van der Waals surface area (Å²) in [5.74, 6) is -3.18. The van der Waals surface area contributed by atoms with Crippen LogP contribution in [0.4, 0.5) is 8.78 Å². The Hall–Kier alpha value is -1.54. The van der Waals surface area contributed by atoms with Gasteiger partial charge in [0, 0.05) is 18.7 Å². The van der Waals surface area contributed by atoms with E-state index in [0.717, 1.165) is 17.1 Å².